The van der Waals surface area contributed by atoms with Gasteiger partial charge in [-0.15, -0.1) is 11.3 Å². The summed E-state index contributed by atoms with van der Waals surface area (Å²) in [5.41, 5.74) is 0.883. The highest BCUT2D eigenvalue weighted by molar-refractivity contribution is 7.22. The van der Waals surface area contributed by atoms with Crippen molar-refractivity contribution in [2.24, 2.45) is 0 Å². The number of nitrogens with zero attached hydrogens (tertiary/aromatic N) is 4. The highest BCUT2D eigenvalue weighted by Crippen LogP contribution is 2.43. The van der Waals surface area contributed by atoms with Crippen LogP contribution in [0.4, 0.5) is 13.6 Å². The lowest BCUT2D eigenvalue weighted by molar-refractivity contribution is 0.0586. The molecule has 0 bridgehead atoms. The van der Waals surface area contributed by atoms with Gasteiger partial charge in [0.15, 0.2) is 0 Å². The number of halogens is 2. The molecule has 3 heterocycles. The fourth-order valence-corrected chi connectivity index (χ4v) is 5.16. The van der Waals surface area contributed by atoms with E-state index in [4.69, 9.17) is 5.11 Å². The molecule has 0 saturated heterocycles. The number of H-pyrrole nitrogens is 1. The Morgan fingerprint density at radius 2 is 2.03 bits per heavy atom. The molecule has 0 radical (unpaired) electrons. The van der Waals surface area contributed by atoms with Gasteiger partial charge in [0.2, 0.25) is 0 Å². The summed E-state index contributed by atoms with van der Waals surface area (Å²) in [6.07, 6.45) is 0.0147. The van der Waals surface area contributed by atoms with E-state index in [1.807, 2.05) is 6.07 Å². The molecule has 1 amide bonds. The lowest BCUT2D eigenvalue weighted by Crippen LogP contribution is -2.22. The summed E-state index contributed by atoms with van der Waals surface area (Å²) < 4.78 is 29.3. The molecule has 12 heteroatoms. The number of hydrogen-bond acceptors (Lipinski definition) is 6. The van der Waals surface area contributed by atoms with E-state index in [1.165, 1.54) is 23.6 Å². The van der Waals surface area contributed by atoms with E-state index in [0.717, 1.165) is 4.70 Å². The van der Waals surface area contributed by atoms with E-state index in [1.54, 1.807) is 30.3 Å². The van der Waals surface area contributed by atoms with Gasteiger partial charge in [-0.1, -0.05) is 24.3 Å². The van der Waals surface area contributed by atoms with Crippen molar-refractivity contribution >= 4 is 38.3 Å². The molecule has 0 fully saturated rings. The summed E-state index contributed by atoms with van der Waals surface area (Å²) in [7, 11) is 0. The third-order valence-electron chi connectivity index (χ3n) is 5.49. The second kappa shape index (κ2) is 8.62. The largest absolute Gasteiger partial charge is 0.465 e. The number of alkyl halides is 2. The minimum absolute atomic E-state index is 0.0695. The van der Waals surface area contributed by atoms with Crippen LogP contribution in [0.5, 0.6) is 0 Å². The number of fused-ring (bicyclic) bond motifs is 2. The number of hydrogen-bond donors (Lipinski definition) is 3. The number of amides is 1. The van der Waals surface area contributed by atoms with Crippen LogP contribution in [0.1, 0.15) is 17.8 Å². The Morgan fingerprint density at radius 3 is 2.77 bits per heavy atom. The predicted molar refractivity (Wildman–Crippen MR) is 125 cm³/mol. The minimum atomic E-state index is -2.96. The highest BCUT2D eigenvalue weighted by Gasteiger charge is 2.25. The summed E-state index contributed by atoms with van der Waals surface area (Å²) >= 11 is 1.21. The second-order valence-electron chi connectivity index (χ2n) is 7.46. The predicted octanol–water partition coefficient (Wildman–Crippen LogP) is 4.70. The smallest absolute Gasteiger partial charge is 0.404 e. The van der Waals surface area contributed by atoms with Gasteiger partial charge in [-0.2, -0.15) is 24.2 Å². The first-order chi connectivity index (χ1) is 16.9. The van der Waals surface area contributed by atoms with Crippen molar-refractivity contribution in [3.8, 4) is 27.8 Å². The van der Waals surface area contributed by atoms with E-state index in [9.17, 15) is 23.6 Å². The molecule has 3 aromatic heterocycles. The average molecular weight is 492 g/mol. The number of rotatable bonds is 5. The molecule has 3 N–H and O–H groups in total. The molecule has 174 valence electrons. The summed E-state index contributed by atoms with van der Waals surface area (Å²) in [5, 5.41) is 32.4. The maximum Gasteiger partial charge on any atom is 0.404 e. The summed E-state index contributed by atoms with van der Waals surface area (Å²) in [5.74, 6) is 0. The van der Waals surface area contributed by atoms with Crippen LogP contribution < -0.4 is 10.9 Å². The van der Waals surface area contributed by atoms with E-state index in [0.29, 0.717) is 31.5 Å². The fraction of sp³-hybridized carbons (Fsp3) is 0.0870. The van der Waals surface area contributed by atoms with Crippen LogP contribution in [-0.4, -0.2) is 31.2 Å². The molecule has 0 aliphatic carbocycles. The molecular weight excluding hydrogens is 478 g/mol. The fourth-order valence-electron chi connectivity index (χ4n) is 3.95. The molecule has 0 unspecified atom stereocenters. The van der Waals surface area contributed by atoms with Gasteiger partial charge in [0.25, 0.3) is 5.56 Å². The number of aromatic nitrogens is 4. The van der Waals surface area contributed by atoms with Gasteiger partial charge in [0, 0.05) is 21.0 Å². The molecule has 2 aromatic carbocycles. The number of nitrogens with one attached hydrogen (secondary N) is 2. The van der Waals surface area contributed by atoms with Crippen LogP contribution in [0.25, 0.3) is 42.6 Å². The van der Waals surface area contributed by atoms with E-state index >= 15 is 0 Å². The number of aromatic amines is 1. The van der Waals surface area contributed by atoms with Gasteiger partial charge in [-0.3, -0.25) is 4.79 Å². The standard InChI is InChI=1S/C23H14F2N6O3S/c24-22(25)31-19(20-15(8-26)12-3-1-2-4-18(12)35-20)16(9-28-31)11-5-6-13-14(7-11)17(10-27-23(33)34)29-30-21(13)32/h1-7,9,22,27H,10H2,(H,30,32)(H,33,34). The second-order valence-corrected chi connectivity index (χ2v) is 8.51. The molecule has 0 aliphatic rings. The van der Waals surface area contributed by atoms with Crippen molar-refractivity contribution in [1.82, 2.24) is 25.3 Å². The number of carbonyl (C=O) groups is 1. The Bertz CT molecular complexity index is 1720. The zero-order valence-corrected chi connectivity index (χ0v) is 18.4. The SMILES string of the molecule is N#Cc1c(-c2c(-c3ccc4c(=O)[nH]nc(CNC(=O)O)c4c3)cnn2C(F)F)sc2ccccc12. The van der Waals surface area contributed by atoms with E-state index < -0.39 is 18.2 Å². The Hall–Kier alpha value is -4.63. The topological polar surface area (TPSA) is 137 Å². The first-order valence-electron chi connectivity index (χ1n) is 10.1. The summed E-state index contributed by atoms with van der Waals surface area (Å²) in [6, 6.07) is 13.9. The third-order valence-corrected chi connectivity index (χ3v) is 6.67. The van der Waals surface area contributed by atoms with Crippen LogP contribution >= 0.6 is 11.3 Å². The Kier molecular flexibility index (Phi) is 5.46. The summed E-state index contributed by atoms with van der Waals surface area (Å²) in [6.45, 7) is -3.14. The van der Waals surface area contributed by atoms with Crippen LogP contribution in [-0.2, 0) is 6.54 Å². The molecule has 9 nitrogen and oxygen atoms in total. The van der Waals surface area contributed by atoms with Crippen molar-refractivity contribution < 1.29 is 18.7 Å². The van der Waals surface area contributed by atoms with E-state index in [2.05, 4.69) is 26.7 Å². The van der Waals surface area contributed by atoms with Gasteiger partial charge < -0.3 is 10.4 Å². The van der Waals surface area contributed by atoms with Crippen molar-refractivity contribution in [3.05, 3.63) is 70.3 Å². The molecular formula is C23H14F2N6O3S. The van der Waals surface area contributed by atoms with E-state index in [-0.39, 0.29) is 28.9 Å². The molecule has 0 saturated carbocycles. The Balaban J connectivity index is 1.76. The monoisotopic (exact) mass is 492 g/mol. The summed E-state index contributed by atoms with van der Waals surface area (Å²) in [4.78, 5) is 23.6. The first-order valence-corrected chi connectivity index (χ1v) is 11.0. The Morgan fingerprint density at radius 1 is 1.23 bits per heavy atom. The number of benzene rings is 2. The molecule has 0 aliphatic heterocycles. The first kappa shape index (κ1) is 22.2. The maximum absolute atomic E-state index is 14.0. The van der Waals surface area contributed by atoms with Crippen LogP contribution in [0.3, 0.4) is 0 Å². The molecule has 0 spiro atoms. The van der Waals surface area contributed by atoms with Crippen molar-refractivity contribution in [2.45, 2.75) is 13.1 Å². The molecule has 0 atom stereocenters. The van der Waals surface area contributed by atoms with Gasteiger partial charge >= 0.3 is 12.6 Å². The number of nitriles is 1. The van der Waals surface area contributed by atoms with Gasteiger partial charge in [-0.05, 0) is 23.8 Å². The minimum Gasteiger partial charge on any atom is -0.465 e. The molecule has 5 aromatic rings. The zero-order valence-electron chi connectivity index (χ0n) is 17.6. The van der Waals surface area contributed by atoms with Crippen LogP contribution in [0.2, 0.25) is 0 Å². The van der Waals surface area contributed by atoms with Crippen LogP contribution in [0.15, 0.2) is 53.5 Å². The molecule has 35 heavy (non-hydrogen) atoms. The van der Waals surface area contributed by atoms with Crippen molar-refractivity contribution in [2.75, 3.05) is 0 Å². The zero-order chi connectivity index (χ0) is 24.7. The number of thiophene rings is 1. The quantitative estimate of drug-likeness (QED) is 0.325. The van der Waals surface area contributed by atoms with Crippen molar-refractivity contribution in [1.29, 1.82) is 5.26 Å². The van der Waals surface area contributed by atoms with Crippen molar-refractivity contribution in [3.63, 3.8) is 0 Å². The van der Waals surface area contributed by atoms with Gasteiger partial charge in [-0.25, -0.2) is 14.6 Å². The Labute approximate surface area is 198 Å². The van der Waals surface area contributed by atoms with Crippen LogP contribution in [0, 0.1) is 11.3 Å². The third kappa shape index (κ3) is 3.77. The molecule has 5 rings (SSSR count). The van der Waals surface area contributed by atoms with Gasteiger partial charge in [0.05, 0.1) is 40.0 Å². The number of carboxylic acid groups (broad SMARTS) is 1. The average Bonchev–Trinajstić information content (AvgIpc) is 3.44. The lowest BCUT2D eigenvalue weighted by Gasteiger charge is -2.10. The lowest BCUT2D eigenvalue weighted by atomic mass is 9.99. The highest BCUT2D eigenvalue weighted by atomic mass is 32.1. The van der Waals surface area contributed by atoms with Gasteiger partial charge in [0.1, 0.15) is 6.07 Å². The normalized spacial score (nSPS) is 11.3. The maximum atomic E-state index is 14.0.